The number of piperidine rings is 1. The summed E-state index contributed by atoms with van der Waals surface area (Å²) < 4.78 is 26.5. The van der Waals surface area contributed by atoms with E-state index in [2.05, 4.69) is 21.7 Å². The average Bonchev–Trinajstić information content (AvgIpc) is 2.65. The van der Waals surface area contributed by atoms with Crippen LogP contribution >= 0.6 is 0 Å². The van der Waals surface area contributed by atoms with Crippen molar-refractivity contribution >= 4 is 5.95 Å². The van der Waals surface area contributed by atoms with E-state index in [1.165, 1.54) is 25.0 Å². The molecule has 4 nitrogen and oxygen atoms in total. The summed E-state index contributed by atoms with van der Waals surface area (Å²) in [7, 11) is 0. The van der Waals surface area contributed by atoms with Crippen LogP contribution in [0.2, 0.25) is 0 Å². The fourth-order valence-electron chi connectivity index (χ4n) is 3.76. The van der Waals surface area contributed by atoms with Gasteiger partial charge in [0.25, 0.3) is 0 Å². The molecule has 1 aromatic carbocycles. The Morgan fingerprint density at radius 1 is 1.12 bits per heavy atom. The normalized spacial score (nSPS) is 18.8. The largest absolute Gasteiger partial charge is 0.341 e. The van der Waals surface area contributed by atoms with Crippen molar-refractivity contribution in [1.82, 2.24) is 14.9 Å². The van der Waals surface area contributed by atoms with Gasteiger partial charge >= 0.3 is 0 Å². The van der Waals surface area contributed by atoms with E-state index in [1.54, 1.807) is 6.07 Å². The van der Waals surface area contributed by atoms with Crippen molar-refractivity contribution in [1.29, 1.82) is 0 Å². The quantitative estimate of drug-likeness (QED) is 0.840. The van der Waals surface area contributed by atoms with Crippen LogP contribution in [0.15, 0.2) is 24.4 Å². The number of halogens is 2. The van der Waals surface area contributed by atoms with Gasteiger partial charge in [-0.25, -0.2) is 18.7 Å². The van der Waals surface area contributed by atoms with Crippen molar-refractivity contribution in [2.24, 2.45) is 5.92 Å². The second kappa shape index (κ2) is 7.27. The van der Waals surface area contributed by atoms with Crippen LogP contribution in [0.25, 0.3) is 0 Å². The maximum atomic E-state index is 13.4. The number of benzene rings is 1. The molecule has 0 aliphatic carbocycles. The summed E-state index contributed by atoms with van der Waals surface area (Å²) in [5.41, 5.74) is 3.04. The van der Waals surface area contributed by atoms with Gasteiger partial charge < -0.3 is 4.90 Å². The summed E-state index contributed by atoms with van der Waals surface area (Å²) in [6, 6.07) is 4.12. The minimum Gasteiger partial charge on any atom is -0.341 e. The zero-order valence-electron chi connectivity index (χ0n) is 15.1. The topological polar surface area (TPSA) is 32.3 Å². The Hall–Kier alpha value is -2.08. The van der Waals surface area contributed by atoms with E-state index in [9.17, 15) is 8.78 Å². The lowest BCUT2D eigenvalue weighted by molar-refractivity contribution is 0.242. The van der Waals surface area contributed by atoms with Gasteiger partial charge in [0.1, 0.15) is 0 Å². The molecule has 26 heavy (non-hydrogen) atoms. The molecule has 0 unspecified atom stereocenters. The minimum absolute atomic E-state index is 0.600. The number of fused-ring (bicyclic) bond motifs is 1. The van der Waals surface area contributed by atoms with Gasteiger partial charge in [-0.15, -0.1) is 0 Å². The molecule has 0 radical (unpaired) electrons. The van der Waals surface area contributed by atoms with Crippen LogP contribution in [0.5, 0.6) is 0 Å². The Bertz CT molecular complexity index is 787. The van der Waals surface area contributed by atoms with Crippen molar-refractivity contribution in [2.45, 2.75) is 39.3 Å². The van der Waals surface area contributed by atoms with Gasteiger partial charge in [-0.3, -0.25) is 4.90 Å². The second-order valence-electron chi connectivity index (χ2n) is 7.52. The molecule has 1 saturated heterocycles. The number of aromatic nitrogens is 2. The summed E-state index contributed by atoms with van der Waals surface area (Å²) in [4.78, 5) is 13.9. The van der Waals surface area contributed by atoms with Crippen LogP contribution < -0.4 is 4.90 Å². The van der Waals surface area contributed by atoms with Crippen LogP contribution in [0, 0.1) is 17.6 Å². The van der Waals surface area contributed by atoms with Gasteiger partial charge in [0.15, 0.2) is 11.6 Å². The lowest BCUT2D eigenvalue weighted by Crippen LogP contribution is -2.35. The van der Waals surface area contributed by atoms with Gasteiger partial charge in [-0.2, -0.15) is 0 Å². The smallest absolute Gasteiger partial charge is 0.225 e. The third-order valence-corrected chi connectivity index (χ3v) is 5.46. The number of anilines is 1. The first-order chi connectivity index (χ1) is 12.6. The van der Waals surface area contributed by atoms with Crippen molar-refractivity contribution in [3.63, 3.8) is 0 Å². The average molecular weight is 358 g/mol. The highest BCUT2D eigenvalue weighted by Gasteiger charge is 2.22. The monoisotopic (exact) mass is 358 g/mol. The fraction of sp³-hybridized carbons (Fsp3) is 0.500. The van der Waals surface area contributed by atoms with E-state index in [0.29, 0.717) is 6.54 Å². The zero-order chi connectivity index (χ0) is 18.1. The Morgan fingerprint density at radius 3 is 2.69 bits per heavy atom. The highest BCUT2D eigenvalue weighted by molar-refractivity contribution is 5.35. The standard InChI is InChI=1S/C20H24F2N4/c1-14-4-8-26(9-5-14)20-23-11-16-13-25(7-6-19(16)24-20)12-15-2-3-17(21)18(22)10-15/h2-3,10-11,14H,4-9,12-13H2,1H3. The highest BCUT2D eigenvalue weighted by Crippen LogP contribution is 2.24. The predicted molar refractivity (Wildman–Crippen MR) is 96.8 cm³/mol. The first kappa shape index (κ1) is 17.3. The second-order valence-corrected chi connectivity index (χ2v) is 7.52. The molecular weight excluding hydrogens is 334 g/mol. The van der Waals surface area contributed by atoms with E-state index >= 15 is 0 Å². The third kappa shape index (κ3) is 3.70. The van der Waals surface area contributed by atoms with Crippen molar-refractivity contribution in [2.75, 3.05) is 24.5 Å². The molecule has 2 aliphatic heterocycles. The molecule has 0 amide bonds. The Kier molecular flexibility index (Phi) is 4.85. The van der Waals surface area contributed by atoms with E-state index < -0.39 is 11.6 Å². The lowest BCUT2D eigenvalue weighted by Gasteiger charge is -2.32. The number of hydrogen-bond acceptors (Lipinski definition) is 4. The maximum absolute atomic E-state index is 13.4. The molecule has 138 valence electrons. The van der Waals surface area contributed by atoms with Crippen LogP contribution in [0.1, 0.15) is 36.6 Å². The maximum Gasteiger partial charge on any atom is 0.225 e. The number of rotatable bonds is 3. The first-order valence-corrected chi connectivity index (χ1v) is 9.34. The SMILES string of the molecule is CC1CCN(c2ncc3c(n2)CCN(Cc2ccc(F)c(F)c2)C3)CC1. The lowest BCUT2D eigenvalue weighted by atomic mass is 9.99. The fourth-order valence-corrected chi connectivity index (χ4v) is 3.76. The molecular formula is C20H24F2N4. The number of hydrogen-bond donors (Lipinski definition) is 0. The Morgan fingerprint density at radius 2 is 1.92 bits per heavy atom. The molecule has 4 rings (SSSR count). The molecule has 3 heterocycles. The molecule has 0 bridgehead atoms. The summed E-state index contributed by atoms with van der Waals surface area (Å²) >= 11 is 0. The third-order valence-electron chi connectivity index (χ3n) is 5.46. The van der Waals surface area contributed by atoms with Crippen LogP contribution in [-0.2, 0) is 19.5 Å². The van der Waals surface area contributed by atoms with E-state index in [-0.39, 0.29) is 0 Å². The highest BCUT2D eigenvalue weighted by atomic mass is 19.2. The van der Waals surface area contributed by atoms with E-state index in [1.807, 2.05) is 6.20 Å². The van der Waals surface area contributed by atoms with Crippen LogP contribution in [0.3, 0.4) is 0 Å². The van der Waals surface area contributed by atoms with Gasteiger partial charge in [0, 0.05) is 50.9 Å². The van der Waals surface area contributed by atoms with Crippen molar-refractivity contribution < 1.29 is 8.78 Å². The molecule has 2 aromatic rings. The molecule has 1 aromatic heterocycles. The predicted octanol–water partition coefficient (Wildman–Crippen LogP) is 3.55. The molecule has 6 heteroatoms. The number of nitrogens with zero attached hydrogens (tertiary/aromatic N) is 4. The van der Waals surface area contributed by atoms with E-state index in [4.69, 9.17) is 4.98 Å². The molecule has 2 aliphatic rings. The summed E-state index contributed by atoms with van der Waals surface area (Å²) in [5.74, 6) is 0.0490. The zero-order valence-corrected chi connectivity index (χ0v) is 15.1. The van der Waals surface area contributed by atoms with Crippen molar-refractivity contribution in [3.05, 3.63) is 52.9 Å². The summed E-state index contributed by atoms with van der Waals surface area (Å²) in [6.45, 7) is 6.56. The Balaban J connectivity index is 1.43. The van der Waals surface area contributed by atoms with Gasteiger partial charge in [0.2, 0.25) is 5.95 Å². The van der Waals surface area contributed by atoms with Crippen molar-refractivity contribution in [3.8, 4) is 0 Å². The van der Waals surface area contributed by atoms with Gasteiger partial charge in [0.05, 0.1) is 5.69 Å². The van der Waals surface area contributed by atoms with Crippen LogP contribution in [0.4, 0.5) is 14.7 Å². The minimum atomic E-state index is -0.800. The van der Waals surface area contributed by atoms with Gasteiger partial charge in [-0.1, -0.05) is 13.0 Å². The molecule has 1 fully saturated rings. The molecule has 0 saturated carbocycles. The molecule has 0 N–H and O–H groups in total. The first-order valence-electron chi connectivity index (χ1n) is 9.34. The summed E-state index contributed by atoms with van der Waals surface area (Å²) in [5, 5.41) is 0. The molecule has 0 atom stereocenters. The van der Waals surface area contributed by atoms with Gasteiger partial charge in [-0.05, 0) is 36.5 Å². The summed E-state index contributed by atoms with van der Waals surface area (Å²) in [6.07, 6.45) is 5.19. The molecule has 0 spiro atoms. The van der Waals surface area contributed by atoms with E-state index in [0.717, 1.165) is 61.3 Å². The Labute approximate surface area is 152 Å². The van der Waals surface area contributed by atoms with Crippen LogP contribution in [-0.4, -0.2) is 34.5 Å².